The molecule has 0 saturated carbocycles. The lowest BCUT2D eigenvalue weighted by atomic mass is 10.0. The zero-order chi connectivity index (χ0) is 14.5. The zero-order valence-corrected chi connectivity index (χ0v) is 16.2. The van der Waals surface area contributed by atoms with E-state index in [4.69, 9.17) is 4.74 Å². The van der Waals surface area contributed by atoms with Crippen molar-refractivity contribution in [1.82, 2.24) is 10.6 Å². The van der Waals surface area contributed by atoms with Crippen molar-refractivity contribution in [1.29, 1.82) is 0 Å². The molecule has 0 aromatic rings. The summed E-state index contributed by atoms with van der Waals surface area (Å²) >= 11 is 0. The van der Waals surface area contributed by atoms with E-state index in [2.05, 4.69) is 43.3 Å². The van der Waals surface area contributed by atoms with E-state index in [-0.39, 0.29) is 24.0 Å². The lowest BCUT2D eigenvalue weighted by Crippen LogP contribution is -2.39. The van der Waals surface area contributed by atoms with E-state index in [1.807, 2.05) is 7.05 Å². The van der Waals surface area contributed by atoms with E-state index in [1.54, 1.807) is 0 Å². The van der Waals surface area contributed by atoms with Gasteiger partial charge in [0.1, 0.15) is 0 Å². The van der Waals surface area contributed by atoms with Gasteiger partial charge < -0.3 is 15.4 Å². The van der Waals surface area contributed by atoms with Crippen molar-refractivity contribution in [2.75, 3.05) is 26.7 Å². The first kappa shape index (κ1) is 22.2. The molecule has 0 rings (SSSR count). The molecule has 0 aliphatic rings. The minimum Gasteiger partial charge on any atom is -0.378 e. The number of halogens is 1. The van der Waals surface area contributed by atoms with E-state index in [1.165, 1.54) is 19.3 Å². The summed E-state index contributed by atoms with van der Waals surface area (Å²) in [6.45, 7) is 11.4. The number of rotatable bonds is 10. The highest BCUT2D eigenvalue weighted by Crippen LogP contribution is 2.09. The van der Waals surface area contributed by atoms with Gasteiger partial charge in [0.2, 0.25) is 0 Å². The first-order valence-electron chi connectivity index (χ1n) is 7.71. The predicted molar refractivity (Wildman–Crippen MR) is 99.2 cm³/mol. The molecule has 20 heavy (non-hydrogen) atoms. The summed E-state index contributed by atoms with van der Waals surface area (Å²) in [5.74, 6) is 1.45. The number of unbranched alkanes of at least 4 members (excludes halogenated alkanes) is 2. The molecule has 2 N–H and O–H groups in total. The van der Waals surface area contributed by atoms with Crippen LogP contribution in [0.3, 0.4) is 0 Å². The minimum absolute atomic E-state index is 0. The topological polar surface area (TPSA) is 45.7 Å². The van der Waals surface area contributed by atoms with Crippen molar-refractivity contribution < 1.29 is 4.74 Å². The van der Waals surface area contributed by atoms with E-state index < -0.39 is 0 Å². The third-order valence-corrected chi connectivity index (χ3v) is 3.14. The molecule has 1 atom stereocenters. The van der Waals surface area contributed by atoms with Gasteiger partial charge in [-0.1, -0.05) is 33.6 Å². The van der Waals surface area contributed by atoms with Crippen LogP contribution in [-0.4, -0.2) is 38.8 Å². The SMILES string of the molecule is CCCCCNC(=NC)NCCC(OCC)C(C)C.I. The van der Waals surface area contributed by atoms with Gasteiger partial charge in [0.15, 0.2) is 5.96 Å². The van der Waals surface area contributed by atoms with Crippen LogP contribution in [0.4, 0.5) is 0 Å². The van der Waals surface area contributed by atoms with Crippen LogP contribution in [0.15, 0.2) is 4.99 Å². The van der Waals surface area contributed by atoms with Gasteiger partial charge in [0.05, 0.1) is 6.10 Å². The van der Waals surface area contributed by atoms with E-state index >= 15 is 0 Å². The Morgan fingerprint density at radius 3 is 2.25 bits per heavy atom. The molecule has 0 bridgehead atoms. The first-order chi connectivity index (χ1) is 9.15. The van der Waals surface area contributed by atoms with Gasteiger partial charge in [-0.25, -0.2) is 0 Å². The Kier molecular flexibility index (Phi) is 17.1. The van der Waals surface area contributed by atoms with E-state index in [0.717, 1.165) is 32.1 Å². The average molecular weight is 399 g/mol. The summed E-state index contributed by atoms with van der Waals surface area (Å²) in [7, 11) is 1.82. The molecule has 5 heteroatoms. The van der Waals surface area contributed by atoms with Gasteiger partial charge >= 0.3 is 0 Å². The van der Waals surface area contributed by atoms with Crippen LogP contribution in [0.1, 0.15) is 53.4 Å². The first-order valence-corrected chi connectivity index (χ1v) is 7.71. The summed E-state index contributed by atoms with van der Waals surface area (Å²) < 4.78 is 5.73. The average Bonchev–Trinajstić information content (AvgIpc) is 2.40. The molecule has 0 aromatic heterocycles. The van der Waals surface area contributed by atoms with Crippen LogP contribution in [-0.2, 0) is 4.74 Å². The number of hydrogen-bond donors (Lipinski definition) is 2. The van der Waals surface area contributed by atoms with Crippen LogP contribution in [0.2, 0.25) is 0 Å². The van der Waals surface area contributed by atoms with Gasteiger partial charge in [0.25, 0.3) is 0 Å². The van der Waals surface area contributed by atoms with Crippen molar-refractivity contribution in [3.05, 3.63) is 0 Å². The van der Waals surface area contributed by atoms with Crippen molar-refractivity contribution in [3.63, 3.8) is 0 Å². The number of aliphatic imine (C=N–C) groups is 1. The summed E-state index contributed by atoms with van der Waals surface area (Å²) in [5, 5.41) is 6.69. The number of guanidine groups is 1. The number of nitrogens with zero attached hydrogens (tertiary/aromatic N) is 1. The fourth-order valence-electron chi connectivity index (χ4n) is 1.96. The van der Waals surface area contributed by atoms with Gasteiger partial charge in [-0.3, -0.25) is 4.99 Å². The Morgan fingerprint density at radius 1 is 1.10 bits per heavy atom. The predicted octanol–water partition coefficient (Wildman–Crippen LogP) is 3.41. The molecule has 0 aromatic carbocycles. The summed E-state index contributed by atoms with van der Waals surface area (Å²) in [5.41, 5.74) is 0. The van der Waals surface area contributed by atoms with Crippen LogP contribution < -0.4 is 10.6 Å². The molecule has 0 amide bonds. The Labute approximate surface area is 142 Å². The van der Waals surface area contributed by atoms with Gasteiger partial charge in [-0.05, 0) is 25.7 Å². The zero-order valence-electron chi connectivity index (χ0n) is 13.9. The largest absolute Gasteiger partial charge is 0.378 e. The third kappa shape index (κ3) is 11.8. The van der Waals surface area contributed by atoms with Crippen molar-refractivity contribution >= 4 is 29.9 Å². The second-order valence-electron chi connectivity index (χ2n) is 5.16. The van der Waals surface area contributed by atoms with Crippen molar-refractivity contribution in [3.8, 4) is 0 Å². The third-order valence-electron chi connectivity index (χ3n) is 3.14. The maximum atomic E-state index is 5.73. The number of nitrogens with one attached hydrogen (secondary N) is 2. The maximum absolute atomic E-state index is 5.73. The Hall–Kier alpha value is -0.0400. The van der Waals surface area contributed by atoms with Crippen molar-refractivity contribution in [2.45, 2.75) is 59.5 Å². The Balaban J connectivity index is 0. The lowest BCUT2D eigenvalue weighted by Gasteiger charge is -2.21. The molecule has 0 saturated heterocycles. The monoisotopic (exact) mass is 399 g/mol. The Bertz CT molecular complexity index is 235. The van der Waals surface area contributed by atoms with Crippen LogP contribution >= 0.6 is 24.0 Å². The standard InChI is InChI=1S/C15H33N3O.HI/c1-6-8-9-11-17-15(16-5)18-12-10-14(13(3)4)19-7-2;/h13-14H,6-12H2,1-5H3,(H2,16,17,18);1H. The maximum Gasteiger partial charge on any atom is 0.190 e. The molecule has 1 unspecified atom stereocenters. The van der Waals surface area contributed by atoms with Crippen LogP contribution in [0.5, 0.6) is 0 Å². The molecule has 0 spiro atoms. The smallest absolute Gasteiger partial charge is 0.190 e. The lowest BCUT2D eigenvalue weighted by molar-refractivity contribution is 0.0258. The van der Waals surface area contributed by atoms with Gasteiger partial charge in [0, 0.05) is 26.7 Å². The molecule has 0 aliphatic carbocycles. The molecular weight excluding hydrogens is 365 g/mol. The van der Waals surface area contributed by atoms with Gasteiger partial charge in [-0.15, -0.1) is 24.0 Å². The number of ether oxygens (including phenoxy) is 1. The molecule has 4 nitrogen and oxygen atoms in total. The van der Waals surface area contributed by atoms with E-state index in [0.29, 0.717) is 12.0 Å². The second-order valence-corrected chi connectivity index (χ2v) is 5.16. The summed E-state index contributed by atoms with van der Waals surface area (Å²) in [6, 6.07) is 0. The highest BCUT2D eigenvalue weighted by Gasteiger charge is 2.12. The fraction of sp³-hybridized carbons (Fsp3) is 0.933. The van der Waals surface area contributed by atoms with Crippen molar-refractivity contribution in [2.24, 2.45) is 10.9 Å². The summed E-state index contributed by atoms with van der Waals surface area (Å²) in [4.78, 5) is 4.23. The normalized spacial score (nSPS) is 13.0. The second kappa shape index (κ2) is 15.4. The summed E-state index contributed by atoms with van der Waals surface area (Å²) in [6.07, 6.45) is 5.06. The molecular formula is C15H34IN3O. The van der Waals surface area contributed by atoms with Crippen LogP contribution in [0.25, 0.3) is 0 Å². The minimum atomic E-state index is 0. The molecule has 0 fully saturated rings. The van der Waals surface area contributed by atoms with E-state index in [9.17, 15) is 0 Å². The van der Waals surface area contributed by atoms with Crippen LogP contribution in [0, 0.1) is 5.92 Å². The quantitative estimate of drug-likeness (QED) is 0.256. The molecule has 0 radical (unpaired) electrons. The Morgan fingerprint density at radius 2 is 1.75 bits per heavy atom. The molecule has 0 aliphatic heterocycles. The number of hydrogen-bond acceptors (Lipinski definition) is 2. The highest BCUT2D eigenvalue weighted by molar-refractivity contribution is 14.0. The highest BCUT2D eigenvalue weighted by atomic mass is 127. The fourth-order valence-corrected chi connectivity index (χ4v) is 1.96. The molecule has 0 heterocycles. The molecule has 122 valence electrons. The van der Waals surface area contributed by atoms with Gasteiger partial charge in [-0.2, -0.15) is 0 Å².